The second-order valence-corrected chi connectivity index (χ2v) is 7.14. The number of aromatic nitrogens is 1. The molecule has 1 N–H and O–H groups in total. The standard InChI is InChI=1S/C18H16F2N2OS/c19-13-4-3-12(7-14(13)20)10-22-15-5-6-24-17(15)8-16(22)18(23)21-9-11-1-2-11/h3-8,11H,1-2,9-10H2,(H,21,23). The van der Waals surface area contributed by atoms with E-state index in [1.165, 1.54) is 18.9 Å². The molecule has 0 unspecified atom stereocenters. The number of carbonyl (C=O) groups is 1. The molecule has 0 bridgehead atoms. The van der Waals surface area contributed by atoms with Crippen molar-refractivity contribution in [3.63, 3.8) is 0 Å². The van der Waals surface area contributed by atoms with Crippen LogP contribution in [0, 0.1) is 17.6 Å². The van der Waals surface area contributed by atoms with E-state index in [0.29, 0.717) is 30.3 Å². The normalized spacial score (nSPS) is 14.2. The number of benzene rings is 1. The summed E-state index contributed by atoms with van der Waals surface area (Å²) in [6, 6.07) is 7.65. The number of rotatable bonds is 5. The monoisotopic (exact) mass is 346 g/mol. The van der Waals surface area contributed by atoms with Crippen LogP contribution in [0.5, 0.6) is 0 Å². The first-order chi connectivity index (χ1) is 11.6. The highest BCUT2D eigenvalue weighted by molar-refractivity contribution is 7.17. The molecule has 1 saturated carbocycles. The second kappa shape index (κ2) is 6.02. The van der Waals surface area contributed by atoms with Crippen LogP contribution >= 0.6 is 11.3 Å². The van der Waals surface area contributed by atoms with Crippen molar-refractivity contribution in [2.45, 2.75) is 19.4 Å². The first-order valence-corrected chi connectivity index (χ1v) is 8.78. The van der Waals surface area contributed by atoms with Gasteiger partial charge in [-0.2, -0.15) is 0 Å². The SMILES string of the molecule is O=C(NCC1CC1)c1cc2sccc2n1Cc1ccc(F)c(F)c1. The number of fused-ring (bicyclic) bond motifs is 1. The molecule has 24 heavy (non-hydrogen) atoms. The number of nitrogens with one attached hydrogen (secondary N) is 1. The van der Waals surface area contributed by atoms with Crippen LogP contribution in [0.3, 0.4) is 0 Å². The van der Waals surface area contributed by atoms with Crippen LogP contribution in [0.25, 0.3) is 10.2 Å². The van der Waals surface area contributed by atoms with Crippen LogP contribution < -0.4 is 5.32 Å². The largest absolute Gasteiger partial charge is 0.350 e. The van der Waals surface area contributed by atoms with Gasteiger partial charge in [0.25, 0.3) is 5.91 Å². The third-order valence-electron chi connectivity index (χ3n) is 4.33. The summed E-state index contributed by atoms with van der Waals surface area (Å²) in [5.74, 6) is -1.26. The molecule has 2 heterocycles. The molecular formula is C18H16F2N2OS. The van der Waals surface area contributed by atoms with Crippen molar-refractivity contribution in [3.05, 3.63) is 58.6 Å². The van der Waals surface area contributed by atoms with Crippen molar-refractivity contribution in [1.82, 2.24) is 9.88 Å². The lowest BCUT2D eigenvalue weighted by atomic mass is 10.2. The topological polar surface area (TPSA) is 34.0 Å². The molecule has 1 aliphatic carbocycles. The summed E-state index contributed by atoms with van der Waals surface area (Å²) in [5.41, 5.74) is 2.11. The smallest absolute Gasteiger partial charge is 0.267 e. The Kier molecular flexibility index (Phi) is 3.84. The molecule has 2 aromatic heterocycles. The number of carbonyl (C=O) groups excluding carboxylic acids is 1. The lowest BCUT2D eigenvalue weighted by molar-refractivity contribution is 0.0943. The molecule has 1 aromatic carbocycles. The number of hydrogen-bond donors (Lipinski definition) is 1. The zero-order chi connectivity index (χ0) is 16.7. The van der Waals surface area contributed by atoms with Crippen molar-refractivity contribution in [1.29, 1.82) is 0 Å². The fourth-order valence-corrected chi connectivity index (χ4v) is 3.63. The highest BCUT2D eigenvalue weighted by Gasteiger charge is 2.23. The molecule has 0 radical (unpaired) electrons. The van der Waals surface area contributed by atoms with E-state index in [0.717, 1.165) is 16.3 Å². The third-order valence-corrected chi connectivity index (χ3v) is 5.18. The molecule has 3 aromatic rings. The van der Waals surface area contributed by atoms with Gasteiger partial charge in [-0.05, 0) is 54.0 Å². The lowest BCUT2D eigenvalue weighted by Crippen LogP contribution is -2.27. The maximum atomic E-state index is 13.5. The number of halogens is 2. The molecule has 1 fully saturated rings. The van der Waals surface area contributed by atoms with Crippen molar-refractivity contribution >= 4 is 27.5 Å². The fraction of sp³-hybridized carbons (Fsp3) is 0.278. The van der Waals surface area contributed by atoms with Crippen molar-refractivity contribution < 1.29 is 13.6 Å². The number of nitrogens with zero attached hydrogens (tertiary/aromatic N) is 1. The number of hydrogen-bond acceptors (Lipinski definition) is 2. The zero-order valence-corrected chi connectivity index (χ0v) is 13.7. The quantitative estimate of drug-likeness (QED) is 0.739. The Morgan fingerprint density at radius 3 is 2.79 bits per heavy atom. The summed E-state index contributed by atoms with van der Waals surface area (Å²) in [7, 11) is 0. The third kappa shape index (κ3) is 2.94. The first-order valence-electron chi connectivity index (χ1n) is 7.90. The Labute approximate surface area is 141 Å². The molecule has 6 heteroatoms. The van der Waals surface area contributed by atoms with Gasteiger partial charge in [0.1, 0.15) is 5.69 Å². The summed E-state index contributed by atoms with van der Waals surface area (Å²) >= 11 is 1.56. The van der Waals surface area contributed by atoms with Gasteiger partial charge in [-0.25, -0.2) is 8.78 Å². The van der Waals surface area contributed by atoms with Crippen molar-refractivity contribution in [3.8, 4) is 0 Å². The molecule has 0 aliphatic heterocycles. The molecule has 0 saturated heterocycles. The minimum absolute atomic E-state index is 0.118. The Morgan fingerprint density at radius 2 is 2.04 bits per heavy atom. The van der Waals surface area contributed by atoms with Gasteiger partial charge in [0, 0.05) is 13.1 Å². The average molecular weight is 346 g/mol. The maximum Gasteiger partial charge on any atom is 0.267 e. The average Bonchev–Trinajstić information content (AvgIpc) is 3.17. The fourth-order valence-electron chi connectivity index (χ4n) is 2.81. The van der Waals surface area contributed by atoms with Crippen LogP contribution in [0.2, 0.25) is 0 Å². The van der Waals surface area contributed by atoms with Gasteiger partial charge in [0.2, 0.25) is 0 Å². The number of amides is 1. The van der Waals surface area contributed by atoms with Gasteiger partial charge in [0.05, 0.1) is 10.2 Å². The number of thiophene rings is 1. The summed E-state index contributed by atoms with van der Waals surface area (Å²) < 4.78 is 29.5. The maximum absolute atomic E-state index is 13.5. The second-order valence-electron chi connectivity index (χ2n) is 6.19. The Bertz CT molecular complexity index is 911. The van der Waals surface area contributed by atoms with E-state index in [1.54, 1.807) is 17.4 Å². The van der Waals surface area contributed by atoms with E-state index in [1.807, 2.05) is 22.1 Å². The molecule has 0 atom stereocenters. The molecule has 1 aliphatic rings. The van der Waals surface area contributed by atoms with E-state index in [2.05, 4.69) is 5.32 Å². The van der Waals surface area contributed by atoms with Crippen LogP contribution in [0.1, 0.15) is 28.9 Å². The Balaban J connectivity index is 1.66. The Hall–Kier alpha value is -2.21. The Morgan fingerprint density at radius 1 is 1.21 bits per heavy atom. The lowest BCUT2D eigenvalue weighted by Gasteiger charge is -2.11. The van der Waals surface area contributed by atoms with E-state index < -0.39 is 11.6 Å². The minimum atomic E-state index is -0.874. The van der Waals surface area contributed by atoms with E-state index in [9.17, 15) is 13.6 Å². The zero-order valence-electron chi connectivity index (χ0n) is 12.9. The van der Waals surface area contributed by atoms with Gasteiger partial charge in [-0.1, -0.05) is 6.07 Å². The van der Waals surface area contributed by atoms with E-state index in [-0.39, 0.29) is 5.91 Å². The molecule has 4 rings (SSSR count). The van der Waals surface area contributed by atoms with E-state index >= 15 is 0 Å². The minimum Gasteiger partial charge on any atom is -0.350 e. The molecule has 3 nitrogen and oxygen atoms in total. The van der Waals surface area contributed by atoms with Crippen LogP contribution in [-0.2, 0) is 6.54 Å². The van der Waals surface area contributed by atoms with E-state index in [4.69, 9.17) is 0 Å². The summed E-state index contributed by atoms with van der Waals surface area (Å²) in [5, 5.41) is 4.93. The highest BCUT2D eigenvalue weighted by Crippen LogP contribution is 2.29. The predicted octanol–water partition coefficient (Wildman–Crippen LogP) is 4.17. The van der Waals surface area contributed by atoms with Crippen LogP contribution in [0.15, 0.2) is 35.7 Å². The van der Waals surface area contributed by atoms with Crippen LogP contribution in [0.4, 0.5) is 8.78 Å². The summed E-state index contributed by atoms with van der Waals surface area (Å²) in [6.45, 7) is 1.02. The molecule has 0 spiro atoms. The summed E-state index contributed by atoms with van der Waals surface area (Å²) in [6.07, 6.45) is 2.34. The molecule has 1 amide bonds. The van der Waals surface area contributed by atoms with Gasteiger partial charge >= 0.3 is 0 Å². The van der Waals surface area contributed by atoms with Gasteiger partial charge in [-0.3, -0.25) is 4.79 Å². The van der Waals surface area contributed by atoms with Crippen LogP contribution in [-0.4, -0.2) is 17.0 Å². The highest BCUT2D eigenvalue weighted by atomic mass is 32.1. The van der Waals surface area contributed by atoms with Gasteiger partial charge in [-0.15, -0.1) is 11.3 Å². The van der Waals surface area contributed by atoms with Gasteiger partial charge < -0.3 is 9.88 Å². The van der Waals surface area contributed by atoms with Gasteiger partial charge in [0.15, 0.2) is 11.6 Å². The summed E-state index contributed by atoms with van der Waals surface area (Å²) in [4.78, 5) is 12.5. The molecule has 124 valence electrons. The molecular weight excluding hydrogens is 330 g/mol. The predicted molar refractivity (Wildman–Crippen MR) is 90.3 cm³/mol. The first kappa shape index (κ1) is 15.3. The van der Waals surface area contributed by atoms with Crippen molar-refractivity contribution in [2.24, 2.45) is 5.92 Å². The van der Waals surface area contributed by atoms with Crippen molar-refractivity contribution in [2.75, 3.05) is 6.54 Å².